The zero-order chi connectivity index (χ0) is 21.8. The van der Waals surface area contributed by atoms with Crippen LogP contribution in [0.25, 0.3) is 5.82 Å². The molecule has 1 aliphatic rings. The molecule has 1 aliphatic heterocycles. The van der Waals surface area contributed by atoms with Crippen molar-refractivity contribution in [3.05, 3.63) is 48.8 Å². The third kappa shape index (κ3) is 4.45. The number of nitrogens with zero attached hydrogens (tertiary/aromatic N) is 5. The standard InChI is InChI=1S/C22H26N6O3/c1-15-6-4-5-9-28(15)21-11-20(23-13-24-21)27-12-17(25-14-27)22(29)26-16-7-8-18(30-2)19(10-16)31-3/h7-8,10-15H,4-6,9H2,1-3H3,(H,26,29)/t15-/m0/s1. The highest BCUT2D eigenvalue weighted by Gasteiger charge is 2.20. The molecule has 0 unspecified atom stereocenters. The molecule has 1 N–H and O–H groups in total. The molecular weight excluding hydrogens is 396 g/mol. The molecule has 1 atom stereocenters. The van der Waals surface area contributed by atoms with E-state index >= 15 is 0 Å². The van der Waals surface area contributed by atoms with E-state index in [0.717, 1.165) is 25.2 Å². The van der Waals surface area contributed by atoms with Crippen molar-refractivity contribution in [2.24, 2.45) is 0 Å². The van der Waals surface area contributed by atoms with E-state index in [-0.39, 0.29) is 11.6 Å². The zero-order valence-corrected chi connectivity index (χ0v) is 17.9. The van der Waals surface area contributed by atoms with Crippen molar-refractivity contribution >= 4 is 17.4 Å². The lowest BCUT2D eigenvalue weighted by atomic mass is 10.0. The number of hydrogen-bond donors (Lipinski definition) is 1. The summed E-state index contributed by atoms with van der Waals surface area (Å²) in [6.07, 6.45) is 8.35. The highest BCUT2D eigenvalue weighted by Crippen LogP contribution is 2.30. The summed E-state index contributed by atoms with van der Waals surface area (Å²) in [5.74, 6) is 2.35. The summed E-state index contributed by atoms with van der Waals surface area (Å²) >= 11 is 0. The summed E-state index contributed by atoms with van der Waals surface area (Å²) < 4.78 is 12.2. The maximum Gasteiger partial charge on any atom is 0.275 e. The molecule has 0 bridgehead atoms. The van der Waals surface area contributed by atoms with Gasteiger partial charge in [0, 0.05) is 36.6 Å². The molecule has 4 rings (SSSR count). The number of benzene rings is 1. The summed E-state index contributed by atoms with van der Waals surface area (Å²) in [6, 6.07) is 7.55. The molecule has 9 heteroatoms. The Hall–Kier alpha value is -3.62. The van der Waals surface area contributed by atoms with Crippen molar-refractivity contribution in [1.29, 1.82) is 0 Å². The van der Waals surface area contributed by atoms with Gasteiger partial charge < -0.3 is 19.7 Å². The van der Waals surface area contributed by atoms with E-state index in [9.17, 15) is 4.79 Å². The molecule has 0 aliphatic carbocycles. The fourth-order valence-electron chi connectivity index (χ4n) is 3.75. The Labute approximate surface area is 181 Å². The minimum absolute atomic E-state index is 0.279. The molecule has 3 heterocycles. The van der Waals surface area contributed by atoms with Crippen LogP contribution in [0, 0.1) is 0 Å². The molecule has 1 fully saturated rings. The summed E-state index contributed by atoms with van der Waals surface area (Å²) in [6.45, 7) is 3.20. The van der Waals surface area contributed by atoms with Gasteiger partial charge in [-0.1, -0.05) is 0 Å². The SMILES string of the molecule is COc1ccc(NC(=O)c2cn(-c3cc(N4CCCC[C@@H]4C)ncn3)cn2)cc1OC. The van der Waals surface area contributed by atoms with Crippen LogP contribution >= 0.6 is 0 Å². The highest BCUT2D eigenvalue weighted by atomic mass is 16.5. The van der Waals surface area contributed by atoms with Crippen LogP contribution in [0.2, 0.25) is 0 Å². The minimum Gasteiger partial charge on any atom is -0.493 e. The Bertz CT molecular complexity index is 1070. The van der Waals surface area contributed by atoms with Crippen molar-refractivity contribution in [3.8, 4) is 17.3 Å². The second-order valence-corrected chi connectivity index (χ2v) is 7.46. The summed E-state index contributed by atoms with van der Waals surface area (Å²) in [4.78, 5) is 28.0. The lowest BCUT2D eigenvalue weighted by molar-refractivity contribution is 0.102. The van der Waals surface area contributed by atoms with Gasteiger partial charge in [0.2, 0.25) is 0 Å². The first-order valence-electron chi connectivity index (χ1n) is 10.3. The van der Waals surface area contributed by atoms with E-state index in [0.29, 0.717) is 29.0 Å². The number of carbonyl (C=O) groups is 1. The number of ether oxygens (including phenoxy) is 2. The molecule has 0 spiro atoms. The first-order chi connectivity index (χ1) is 15.1. The van der Waals surface area contributed by atoms with Crippen LogP contribution in [-0.4, -0.2) is 52.2 Å². The van der Waals surface area contributed by atoms with Crippen LogP contribution in [0.5, 0.6) is 11.5 Å². The molecular formula is C22H26N6O3. The fourth-order valence-corrected chi connectivity index (χ4v) is 3.75. The first-order valence-corrected chi connectivity index (χ1v) is 10.3. The van der Waals surface area contributed by atoms with Crippen molar-refractivity contribution in [2.45, 2.75) is 32.2 Å². The number of piperidine rings is 1. The highest BCUT2D eigenvalue weighted by molar-refractivity contribution is 6.02. The molecule has 31 heavy (non-hydrogen) atoms. The molecule has 1 aromatic carbocycles. The largest absolute Gasteiger partial charge is 0.493 e. The van der Waals surface area contributed by atoms with Gasteiger partial charge in [-0.3, -0.25) is 9.36 Å². The molecule has 162 valence electrons. The van der Waals surface area contributed by atoms with Gasteiger partial charge in [-0.15, -0.1) is 0 Å². The number of rotatable bonds is 6. The Morgan fingerprint density at radius 1 is 1.06 bits per heavy atom. The van der Waals surface area contributed by atoms with Crippen LogP contribution in [0.4, 0.5) is 11.5 Å². The summed E-state index contributed by atoms with van der Waals surface area (Å²) in [5.41, 5.74) is 0.863. The average Bonchev–Trinajstić information content (AvgIpc) is 3.30. The third-order valence-corrected chi connectivity index (χ3v) is 5.46. The van der Waals surface area contributed by atoms with Gasteiger partial charge in [0.1, 0.15) is 30.0 Å². The van der Waals surface area contributed by atoms with Crippen LogP contribution in [0.3, 0.4) is 0 Å². The maximum absolute atomic E-state index is 12.7. The number of nitrogens with one attached hydrogen (secondary N) is 1. The molecule has 3 aromatic rings. The van der Waals surface area contributed by atoms with Gasteiger partial charge in [0.25, 0.3) is 5.91 Å². The third-order valence-electron chi connectivity index (χ3n) is 5.46. The normalized spacial score (nSPS) is 16.1. The lowest BCUT2D eigenvalue weighted by Gasteiger charge is -2.34. The van der Waals surface area contributed by atoms with E-state index in [4.69, 9.17) is 9.47 Å². The van der Waals surface area contributed by atoms with Gasteiger partial charge in [-0.25, -0.2) is 15.0 Å². The van der Waals surface area contributed by atoms with Gasteiger partial charge >= 0.3 is 0 Å². The Morgan fingerprint density at radius 2 is 1.87 bits per heavy atom. The quantitative estimate of drug-likeness (QED) is 0.651. The van der Waals surface area contributed by atoms with Crippen LogP contribution in [0.15, 0.2) is 43.1 Å². The predicted octanol–water partition coefficient (Wildman–Crippen LogP) is 3.31. The number of hydrogen-bond acceptors (Lipinski definition) is 7. The number of anilines is 2. The Morgan fingerprint density at radius 3 is 2.65 bits per heavy atom. The molecule has 1 amide bonds. The summed E-state index contributed by atoms with van der Waals surface area (Å²) in [7, 11) is 3.11. The molecule has 1 saturated heterocycles. The second-order valence-electron chi connectivity index (χ2n) is 7.46. The summed E-state index contributed by atoms with van der Waals surface area (Å²) in [5, 5.41) is 2.83. The van der Waals surface area contributed by atoms with Crippen LogP contribution in [-0.2, 0) is 0 Å². The lowest BCUT2D eigenvalue weighted by Crippen LogP contribution is -2.38. The number of carbonyl (C=O) groups excluding carboxylic acids is 1. The molecule has 0 radical (unpaired) electrons. The van der Waals surface area contributed by atoms with E-state index in [1.165, 1.54) is 6.42 Å². The monoisotopic (exact) mass is 422 g/mol. The van der Waals surface area contributed by atoms with Crippen molar-refractivity contribution in [3.63, 3.8) is 0 Å². The first kappa shape index (κ1) is 20.6. The van der Waals surface area contributed by atoms with Crippen LogP contribution in [0.1, 0.15) is 36.7 Å². The van der Waals surface area contributed by atoms with Gasteiger partial charge in [0.15, 0.2) is 11.5 Å². The van der Waals surface area contributed by atoms with E-state index in [2.05, 4.69) is 32.1 Å². The smallest absolute Gasteiger partial charge is 0.275 e. The topological polar surface area (TPSA) is 94.4 Å². The van der Waals surface area contributed by atoms with Crippen molar-refractivity contribution < 1.29 is 14.3 Å². The average molecular weight is 422 g/mol. The minimum atomic E-state index is -0.329. The second kappa shape index (κ2) is 9.03. The van der Waals surface area contributed by atoms with Crippen molar-refractivity contribution in [1.82, 2.24) is 19.5 Å². The van der Waals surface area contributed by atoms with Gasteiger partial charge in [-0.2, -0.15) is 0 Å². The van der Waals surface area contributed by atoms with Crippen LogP contribution < -0.4 is 19.7 Å². The molecule has 9 nitrogen and oxygen atoms in total. The Kier molecular flexibility index (Phi) is 6.01. The van der Waals surface area contributed by atoms with Gasteiger partial charge in [0.05, 0.1) is 14.2 Å². The molecule has 0 saturated carbocycles. The fraction of sp³-hybridized carbons (Fsp3) is 0.364. The van der Waals surface area contributed by atoms with Gasteiger partial charge in [-0.05, 0) is 38.3 Å². The molecule has 2 aromatic heterocycles. The zero-order valence-electron chi connectivity index (χ0n) is 17.9. The van der Waals surface area contributed by atoms with Crippen molar-refractivity contribution in [2.75, 3.05) is 31.0 Å². The van der Waals surface area contributed by atoms with E-state index in [1.807, 2.05) is 6.07 Å². The Balaban J connectivity index is 1.50. The predicted molar refractivity (Wildman–Crippen MR) is 117 cm³/mol. The van der Waals surface area contributed by atoms with E-state index < -0.39 is 0 Å². The number of methoxy groups -OCH3 is 2. The number of aromatic nitrogens is 4. The number of amides is 1. The number of imidazole rings is 1. The maximum atomic E-state index is 12.7. The van der Waals surface area contributed by atoms with E-state index in [1.54, 1.807) is 55.8 Å².